The lowest BCUT2D eigenvalue weighted by Crippen LogP contribution is -2.19. The molecule has 0 aliphatic carbocycles. The van der Waals surface area contributed by atoms with Gasteiger partial charge in [-0.25, -0.2) is 0 Å². The molecule has 0 saturated carbocycles. The van der Waals surface area contributed by atoms with Gasteiger partial charge in [0, 0.05) is 13.6 Å². The quantitative estimate of drug-likeness (QED) is 0.329. The fraction of sp³-hybridized carbons (Fsp3) is 0.500. The van der Waals surface area contributed by atoms with Crippen LogP contribution in [0.1, 0.15) is 6.92 Å². The fourth-order valence-electron chi connectivity index (χ4n) is 0.463. The molecule has 0 spiro atoms. The summed E-state index contributed by atoms with van der Waals surface area (Å²) in [5.74, 6) is 0. The molecule has 0 aliphatic rings. The van der Waals surface area contributed by atoms with Crippen LogP contribution in [-0.2, 0) is 0 Å². The lowest BCUT2D eigenvalue weighted by atomic mass is 10.6. The van der Waals surface area contributed by atoms with Gasteiger partial charge in [-0.3, -0.25) is 4.99 Å². The number of rotatable bonds is 2. The predicted molar refractivity (Wildman–Crippen MR) is 41.8 cm³/mol. The Labute approximate surface area is 60.8 Å². The molecule has 0 aromatic heterocycles. The molecule has 0 aromatic rings. The molecule has 0 aromatic carbocycles. The Morgan fingerprint density at radius 3 is 2.56 bits per heavy atom. The van der Waals surface area contributed by atoms with Crippen LogP contribution in [0.2, 0.25) is 0 Å². The topological polar surface area (TPSA) is 15.6 Å². The smallest absolute Gasteiger partial charge is 0.197 e. The third-order valence-corrected chi connectivity index (χ3v) is 1.37. The Bertz CT molecular complexity index is 120. The van der Waals surface area contributed by atoms with Gasteiger partial charge in [0.15, 0.2) is 5.29 Å². The molecule has 0 radical (unpaired) electrons. The molecule has 0 aliphatic heterocycles. The summed E-state index contributed by atoms with van der Waals surface area (Å²) in [5, 5.41) is 0.479. The van der Waals surface area contributed by atoms with Crippen LogP contribution in [0.3, 0.4) is 0 Å². The summed E-state index contributed by atoms with van der Waals surface area (Å²) in [4.78, 5) is 5.52. The lowest BCUT2D eigenvalue weighted by Gasteiger charge is -2.13. The second-order valence-electron chi connectivity index (χ2n) is 1.46. The molecule has 3 heteroatoms. The minimum absolute atomic E-state index is 0.479. The highest BCUT2D eigenvalue weighted by Gasteiger charge is 1.97. The van der Waals surface area contributed by atoms with E-state index in [1.54, 1.807) is 18.1 Å². The minimum atomic E-state index is 0.479. The summed E-state index contributed by atoms with van der Waals surface area (Å²) < 4.78 is 0. The van der Waals surface area contributed by atoms with Crippen molar-refractivity contribution in [1.29, 1.82) is 0 Å². The highest BCUT2D eigenvalue weighted by atomic mass is 35.5. The SMILES string of the molecule is C=CN(CC)C(Cl)=NC. The maximum Gasteiger partial charge on any atom is 0.197 e. The number of aliphatic imine (C=N–C) groups is 1. The summed E-state index contributed by atoms with van der Waals surface area (Å²) >= 11 is 5.64. The van der Waals surface area contributed by atoms with Gasteiger partial charge in [0.25, 0.3) is 0 Å². The molecule has 0 rings (SSSR count). The Morgan fingerprint density at radius 1 is 1.89 bits per heavy atom. The van der Waals surface area contributed by atoms with Crippen LogP contribution in [0.5, 0.6) is 0 Å². The number of hydrogen-bond donors (Lipinski definition) is 0. The van der Waals surface area contributed by atoms with Gasteiger partial charge in [0.2, 0.25) is 0 Å². The zero-order chi connectivity index (χ0) is 7.28. The monoisotopic (exact) mass is 146 g/mol. The average molecular weight is 147 g/mol. The zero-order valence-corrected chi connectivity index (χ0v) is 6.52. The molecule has 2 nitrogen and oxygen atoms in total. The largest absolute Gasteiger partial charge is 0.325 e. The van der Waals surface area contributed by atoms with Crippen LogP contribution in [0.4, 0.5) is 0 Å². The standard InChI is InChI=1S/C6H11ClN2/c1-4-9(5-2)6(7)8-3/h4H,1,5H2,2-3H3. The number of amidine groups is 1. The first-order valence-electron chi connectivity index (χ1n) is 2.77. The van der Waals surface area contributed by atoms with Crippen molar-refractivity contribution in [2.45, 2.75) is 6.92 Å². The van der Waals surface area contributed by atoms with Crippen LogP contribution in [-0.4, -0.2) is 23.8 Å². The minimum Gasteiger partial charge on any atom is -0.325 e. The van der Waals surface area contributed by atoms with E-state index in [1.165, 1.54) is 0 Å². The molecule has 52 valence electrons. The zero-order valence-electron chi connectivity index (χ0n) is 5.76. The number of nitrogens with zero attached hydrogens (tertiary/aromatic N) is 2. The second kappa shape index (κ2) is 4.39. The van der Waals surface area contributed by atoms with Crippen molar-refractivity contribution < 1.29 is 0 Å². The van der Waals surface area contributed by atoms with E-state index in [1.807, 2.05) is 6.92 Å². The van der Waals surface area contributed by atoms with Gasteiger partial charge >= 0.3 is 0 Å². The van der Waals surface area contributed by atoms with E-state index in [-0.39, 0.29) is 0 Å². The van der Waals surface area contributed by atoms with Crippen molar-refractivity contribution in [2.75, 3.05) is 13.6 Å². The van der Waals surface area contributed by atoms with Crippen LogP contribution in [0.25, 0.3) is 0 Å². The van der Waals surface area contributed by atoms with E-state index in [4.69, 9.17) is 11.6 Å². The predicted octanol–water partition coefficient (Wildman–Crippen LogP) is 1.68. The fourth-order valence-corrected chi connectivity index (χ4v) is 0.652. The molecule has 0 saturated heterocycles. The highest BCUT2D eigenvalue weighted by Crippen LogP contribution is 1.95. The molecule has 0 heterocycles. The number of halogens is 1. The summed E-state index contributed by atoms with van der Waals surface area (Å²) in [6.45, 7) is 6.35. The van der Waals surface area contributed by atoms with Gasteiger partial charge in [-0.1, -0.05) is 6.58 Å². The Balaban J connectivity index is 3.94. The van der Waals surface area contributed by atoms with Crippen LogP contribution >= 0.6 is 11.6 Å². The normalized spacial score (nSPS) is 11.2. The van der Waals surface area contributed by atoms with E-state index in [2.05, 4.69) is 11.6 Å². The van der Waals surface area contributed by atoms with Crippen molar-refractivity contribution in [1.82, 2.24) is 4.90 Å². The van der Waals surface area contributed by atoms with Crippen LogP contribution in [0, 0.1) is 0 Å². The van der Waals surface area contributed by atoms with Crippen molar-refractivity contribution >= 4 is 16.9 Å². The first-order chi connectivity index (χ1) is 4.26. The van der Waals surface area contributed by atoms with E-state index >= 15 is 0 Å². The maximum atomic E-state index is 5.64. The van der Waals surface area contributed by atoms with Crippen molar-refractivity contribution in [3.63, 3.8) is 0 Å². The van der Waals surface area contributed by atoms with Crippen molar-refractivity contribution in [3.8, 4) is 0 Å². The van der Waals surface area contributed by atoms with Gasteiger partial charge in [-0.2, -0.15) is 0 Å². The first kappa shape index (κ1) is 8.50. The van der Waals surface area contributed by atoms with Gasteiger partial charge in [0.05, 0.1) is 0 Å². The molecule has 0 bridgehead atoms. The molecule has 0 unspecified atom stereocenters. The molecular formula is C6H11ClN2. The molecule has 9 heavy (non-hydrogen) atoms. The first-order valence-corrected chi connectivity index (χ1v) is 3.15. The van der Waals surface area contributed by atoms with E-state index in [0.29, 0.717) is 5.29 Å². The van der Waals surface area contributed by atoms with Gasteiger partial charge in [-0.05, 0) is 24.7 Å². The third-order valence-electron chi connectivity index (χ3n) is 0.983. The average Bonchev–Trinajstić information content (AvgIpc) is 1.90. The Kier molecular flexibility index (Phi) is 4.14. The Morgan fingerprint density at radius 2 is 2.44 bits per heavy atom. The molecular weight excluding hydrogens is 136 g/mol. The van der Waals surface area contributed by atoms with Crippen LogP contribution in [0.15, 0.2) is 17.8 Å². The van der Waals surface area contributed by atoms with E-state index < -0.39 is 0 Å². The summed E-state index contributed by atoms with van der Waals surface area (Å²) in [6.07, 6.45) is 1.65. The molecule has 0 amide bonds. The van der Waals surface area contributed by atoms with Gasteiger partial charge in [0.1, 0.15) is 0 Å². The molecule has 0 fully saturated rings. The molecule has 0 atom stereocenters. The molecule has 0 N–H and O–H groups in total. The summed E-state index contributed by atoms with van der Waals surface area (Å²) in [5.41, 5.74) is 0. The Hall–Kier alpha value is -0.500. The van der Waals surface area contributed by atoms with Crippen molar-refractivity contribution in [3.05, 3.63) is 12.8 Å². The number of hydrogen-bond acceptors (Lipinski definition) is 1. The highest BCUT2D eigenvalue weighted by molar-refractivity contribution is 6.64. The lowest BCUT2D eigenvalue weighted by molar-refractivity contribution is 0.601. The van der Waals surface area contributed by atoms with E-state index in [9.17, 15) is 0 Å². The van der Waals surface area contributed by atoms with Crippen LogP contribution < -0.4 is 0 Å². The second-order valence-corrected chi connectivity index (χ2v) is 1.80. The summed E-state index contributed by atoms with van der Waals surface area (Å²) in [6, 6.07) is 0. The summed E-state index contributed by atoms with van der Waals surface area (Å²) in [7, 11) is 1.65. The van der Waals surface area contributed by atoms with Gasteiger partial charge in [-0.15, -0.1) is 0 Å². The van der Waals surface area contributed by atoms with Gasteiger partial charge < -0.3 is 4.90 Å². The van der Waals surface area contributed by atoms with E-state index in [0.717, 1.165) is 6.54 Å². The maximum absolute atomic E-state index is 5.64. The third kappa shape index (κ3) is 2.51. The van der Waals surface area contributed by atoms with Crippen molar-refractivity contribution in [2.24, 2.45) is 4.99 Å².